The molecule has 0 unspecified atom stereocenters. The van der Waals surface area contributed by atoms with Crippen LogP contribution in [-0.2, 0) is 6.18 Å². The number of ether oxygens (including phenoxy) is 1. The molecule has 0 aliphatic heterocycles. The van der Waals surface area contributed by atoms with Gasteiger partial charge in [-0.25, -0.2) is 0 Å². The standard InChI is InChI=1S/C14H6F6N2O/c15-13(16,17)12-2-1-9(7-22-12)10-3-8(6-21)4-11(5-10)23-14(18,19)20/h1-5,7H. The molecule has 1 aromatic heterocycles. The smallest absolute Gasteiger partial charge is 0.406 e. The van der Waals surface area contributed by atoms with E-state index in [1.807, 2.05) is 0 Å². The molecule has 0 fully saturated rings. The van der Waals surface area contributed by atoms with Crippen molar-refractivity contribution >= 4 is 0 Å². The number of nitrogens with zero attached hydrogens (tertiary/aromatic N) is 2. The van der Waals surface area contributed by atoms with Crippen LogP contribution >= 0.6 is 0 Å². The van der Waals surface area contributed by atoms with Gasteiger partial charge in [-0.1, -0.05) is 6.07 Å². The molecule has 0 N–H and O–H groups in total. The van der Waals surface area contributed by atoms with Crippen molar-refractivity contribution < 1.29 is 31.1 Å². The predicted octanol–water partition coefficient (Wildman–Crippen LogP) is 4.54. The average molecular weight is 332 g/mol. The van der Waals surface area contributed by atoms with Crippen LogP contribution in [0.3, 0.4) is 0 Å². The van der Waals surface area contributed by atoms with Crippen molar-refractivity contribution in [1.29, 1.82) is 5.26 Å². The summed E-state index contributed by atoms with van der Waals surface area (Å²) in [6, 6.07) is 6.43. The summed E-state index contributed by atoms with van der Waals surface area (Å²) in [5.41, 5.74) is -1.09. The van der Waals surface area contributed by atoms with Gasteiger partial charge in [0.25, 0.3) is 0 Å². The van der Waals surface area contributed by atoms with Gasteiger partial charge >= 0.3 is 12.5 Å². The van der Waals surface area contributed by atoms with Crippen molar-refractivity contribution in [2.24, 2.45) is 0 Å². The van der Waals surface area contributed by atoms with Crippen LogP contribution in [0.2, 0.25) is 0 Å². The van der Waals surface area contributed by atoms with Crippen LogP contribution in [-0.4, -0.2) is 11.3 Å². The summed E-state index contributed by atoms with van der Waals surface area (Å²) < 4.78 is 77.8. The minimum Gasteiger partial charge on any atom is -0.406 e. The van der Waals surface area contributed by atoms with E-state index in [-0.39, 0.29) is 16.7 Å². The van der Waals surface area contributed by atoms with E-state index in [9.17, 15) is 26.3 Å². The second-order valence-corrected chi connectivity index (χ2v) is 4.34. The molecule has 0 bridgehead atoms. The Morgan fingerprint density at radius 2 is 1.65 bits per heavy atom. The quantitative estimate of drug-likeness (QED) is 0.759. The third-order valence-electron chi connectivity index (χ3n) is 2.66. The Labute approximate surface area is 125 Å². The zero-order valence-corrected chi connectivity index (χ0v) is 11.0. The summed E-state index contributed by atoms with van der Waals surface area (Å²) in [6.45, 7) is 0. The second kappa shape index (κ2) is 5.79. The maximum Gasteiger partial charge on any atom is 0.573 e. The monoisotopic (exact) mass is 332 g/mol. The first kappa shape index (κ1) is 16.6. The van der Waals surface area contributed by atoms with Crippen LogP contribution in [0.15, 0.2) is 36.5 Å². The third kappa shape index (κ3) is 4.35. The van der Waals surface area contributed by atoms with Gasteiger partial charge in [-0.2, -0.15) is 18.4 Å². The molecule has 0 spiro atoms. The van der Waals surface area contributed by atoms with E-state index < -0.39 is 24.0 Å². The number of benzene rings is 1. The molecule has 2 aromatic rings. The number of rotatable bonds is 2. The summed E-state index contributed by atoms with van der Waals surface area (Å²) >= 11 is 0. The predicted molar refractivity (Wildman–Crippen MR) is 66.1 cm³/mol. The SMILES string of the molecule is N#Cc1cc(OC(F)(F)F)cc(-c2ccc(C(F)(F)F)nc2)c1. The summed E-state index contributed by atoms with van der Waals surface area (Å²) in [5.74, 6) is -0.647. The van der Waals surface area contributed by atoms with Crippen LogP contribution in [0.5, 0.6) is 5.75 Å². The Bertz CT molecular complexity index is 744. The highest BCUT2D eigenvalue weighted by Crippen LogP contribution is 2.32. The van der Waals surface area contributed by atoms with Crippen molar-refractivity contribution in [3.05, 3.63) is 47.8 Å². The lowest BCUT2D eigenvalue weighted by molar-refractivity contribution is -0.274. The number of hydrogen-bond acceptors (Lipinski definition) is 3. The molecular weight excluding hydrogens is 326 g/mol. The number of halogens is 6. The van der Waals surface area contributed by atoms with E-state index in [0.717, 1.165) is 24.4 Å². The van der Waals surface area contributed by atoms with E-state index in [4.69, 9.17) is 5.26 Å². The van der Waals surface area contributed by atoms with E-state index >= 15 is 0 Å². The summed E-state index contributed by atoms with van der Waals surface area (Å²) in [6.07, 6.45) is -8.72. The molecule has 23 heavy (non-hydrogen) atoms. The van der Waals surface area contributed by atoms with Gasteiger partial charge in [-0.15, -0.1) is 13.2 Å². The average Bonchev–Trinajstić information content (AvgIpc) is 2.44. The van der Waals surface area contributed by atoms with Gasteiger partial charge in [0.15, 0.2) is 0 Å². The molecule has 0 saturated carbocycles. The van der Waals surface area contributed by atoms with Crippen LogP contribution in [0.25, 0.3) is 11.1 Å². The Hall–Kier alpha value is -2.76. The number of pyridine rings is 1. The van der Waals surface area contributed by atoms with Crippen LogP contribution in [0.4, 0.5) is 26.3 Å². The minimum atomic E-state index is -4.95. The van der Waals surface area contributed by atoms with Crippen molar-refractivity contribution in [3.8, 4) is 22.9 Å². The van der Waals surface area contributed by atoms with Gasteiger partial charge in [-0.05, 0) is 29.8 Å². The number of alkyl halides is 6. The highest BCUT2D eigenvalue weighted by Gasteiger charge is 2.32. The molecule has 0 aliphatic carbocycles. The maximum atomic E-state index is 12.4. The Morgan fingerprint density at radius 1 is 0.957 bits per heavy atom. The fourth-order valence-corrected chi connectivity index (χ4v) is 1.76. The lowest BCUT2D eigenvalue weighted by Gasteiger charge is -2.11. The zero-order valence-electron chi connectivity index (χ0n) is 11.0. The van der Waals surface area contributed by atoms with Gasteiger partial charge in [0.05, 0.1) is 11.6 Å². The van der Waals surface area contributed by atoms with E-state index in [1.165, 1.54) is 6.07 Å². The zero-order chi connectivity index (χ0) is 17.3. The largest absolute Gasteiger partial charge is 0.573 e. The molecule has 0 radical (unpaired) electrons. The Kier molecular flexibility index (Phi) is 4.18. The maximum absolute atomic E-state index is 12.4. The molecular formula is C14H6F6N2O. The molecule has 3 nitrogen and oxygen atoms in total. The number of nitriles is 1. The van der Waals surface area contributed by atoms with Gasteiger partial charge in [-0.3, -0.25) is 4.98 Å². The highest BCUT2D eigenvalue weighted by atomic mass is 19.4. The van der Waals surface area contributed by atoms with Gasteiger partial charge in [0.1, 0.15) is 11.4 Å². The molecule has 0 saturated heterocycles. The van der Waals surface area contributed by atoms with E-state index in [2.05, 4.69) is 9.72 Å². The van der Waals surface area contributed by atoms with Crippen LogP contribution in [0, 0.1) is 11.3 Å². The van der Waals surface area contributed by atoms with Crippen LogP contribution in [0.1, 0.15) is 11.3 Å². The van der Waals surface area contributed by atoms with Crippen molar-refractivity contribution in [2.75, 3.05) is 0 Å². The molecule has 0 amide bonds. The first-order chi connectivity index (χ1) is 10.6. The molecule has 0 atom stereocenters. The number of aromatic nitrogens is 1. The Morgan fingerprint density at radius 3 is 2.13 bits per heavy atom. The van der Waals surface area contributed by atoms with E-state index in [0.29, 0.717) is 6.07 Å². The fourth-order valence-electron chi connectivity index (χ4n) is 1.76. The van der Waals surface area contributed by atoms with Crippen molar-refractivity contribution in [3.63, 3.8) is 0 Å². The molecule has 1 aromatic carbocycles. The molecule has 9 heteroatoms. The third-order valence-corrected chi connectivity index (χ3v) is 2.66. The lowest BCUT2D eigenvalue weighted by Crippen LogP contribution is -2.17. The minimum absolute atomic E-state index is 0.0736. The first-order valence-electron chi connectivity index (χ1n) is 5.93. The van der Waals surface area contributed by atoms with Crippen molar-refractivity contribution in [2.45, 2.75) is 12.5 Å². The van der Waals surface area contributed by atoms with Gasteiger partial charge < -0.3 is 4.74 Å². The van der Waals surface area contributed by atoms with Crippen molar-refractivity contribution in [1.82, 2.24) is 4.98 Å². The molecule has 0 aliphatic rings. The molecule has 1 heterocycles. The fraction of sp³-hybridized carbons (Fsp3) is 0.143. The molecule has 120 valence electrons. The molecule has 2 rings (SSSR count). The summed E-state index contributed by atoms with van der Waals surface area (Å²) in [7, 11) is 0. The topological polar surface area (TPSA) is 45.9 Å². The Balaban J connectivity index is 2.43. The van der Waals surface area contributed by atoms with Gasteiger partial charge in [0.2, 0.25) is 0 Å². The van der Waals surface area contributed by atoms with Gasteiger partial charge in [0, 0.05) is 11.8 Å². The first-order valence-corrected chi connectivity index (χ1v) is 5.93. The van der Waals surface area contributed by atoms with Crippen LogP contribution < -0.4 is 4.74 Å². The summed E-state index contributed by atoms with van der Waals surface area (Å²) in [4.78, 5) is 3.22. The number of hydrogen-bond donors (Lipinski definition) is 0. The van der Waals surface area contributed by atoms with E-state index in [1.54, 1.807) is 6.07 Å². The summed E-state index contributed by atoms with van der Waals surface area (Å²) in [5, 5.41) is 8.83. The highest BCUT2D eigenvalue weighted by molar-refractivity contribution is 5.66. The second-order valence-electron chi connectivity index (χ2n) is 4.34. The lowest BCUT2D eigenvalue weighted by atomic mass is 10.0. The normalized spacial score (nSPS) is 11.9.